The smallest absolute Gasteiger partial charge is 0.306 e. The number of unbranched alkanes of at least 4 members (excludes halogenated alkanes) is 40. The van der Waals surface area contributed by atoms with Crippen molar-refractivity contribution in [3.05, 3.63) is 0 Å². The Balaban J connectivity index is 2.28. The van der Waals surface area contributed by atoms with E-state index < -0.39 is 71.2 Å². The van der Waals surface area contributed by atoms with Gasteiger partial charge >= 0.3 is 11.9 Å². The maximum Gasteiger partial charge on any atom is 0.306 e. The van der Waals surface area contributed by atoms with Crippen LogP contribution in [0.1, 0.15) is 296 Å². The molecule has 2 unspecified atom stereocenters. The van der Waals surface area contributed by atoms with Gasteiger partial charge in [0.25, 0.3) is 10.1 Å². The fraction of sp³-hybridized carbons (Fsp3) is 0.965. The molecule has 6 atom stereocenters. The normalized spacial score (nSPS) is 18.9. The van der Waals surface area contributed by atoms with Gasteiger partial charge in [0.05, 0.1) is 6.61 Å². The van der Waals surface area contributed by atoms with Crippen LogP contribution in [0.4, 0.5) is 0 Å². The molecule has 0 aromatic carbocycles. The molecule has 0 aromatic rings. The second-order valence-electron chi connectivity index (χ2n) is 21.0. The predicted molar refractivity (Wildman–Crippen MR) is 284 cm³/mol. The number of hydrogen-bond donors (Lipinski definition) is 4. The fourth-order valence-corrected chi connectivity index (χ4v) is 10.3. The van der Waals surface area contributed by atoms with E-state index in [1.807, 2.05) is 0 Å². The molecule has 416 valence electrons. The van der Waals surface area contributed by atoms with E-state index in [4.69, 9.17) is 18.9 Å². The van der Waals surface area contributed by atoms with Crippen molar-refractivity contribution in [1.82, 2.24) is 0 Å². The summed E-state index contributed by atoms with van der Waals surface area (Å²) in [6.07, 6.45) is 44.3. The molecule has 4 N–H and O–H groups in total. The number of hydrogen-bond acceptors (Lipinski definition) is 11. The van der Waals surface area contributed by atoms with Crippen molar-refractivity contribution in [1.29, 1.82) is 0 Å². The van der Waals surface area contributed by atoms with Crippen molar-refractivity contribution in [2.45, 2.75) is 333 Å². The number of aliphatic hydroxyl groups excluding tert-OH is 3. The van der Waals surface area contributed by atoms with E-state index in [0.717, 1.165) is 38.5 Å². The van der Waals surface area contributed by atoms with Crippen LogP contribution in [-0.2, 0) is 38.7 Å². The van der Waals surface area contributed by atoms with Crippen LogP contribution >= 0.6 is 0 Å². The molecule has 70 heavy (non-hydrogen) atoms. The average Bonchev–Trinajstić information content (AvgIpc) is 3.33. The quantitative estimate of drug-likeness (QED) is 0.0257. The lowest BCUT2D eigenvalue weighted by Gasteiger charge is -2.40. The summed E-state index contributed by atoms with van der Waals surface area (Å²) in [5.74, 6) is -1.95. The molecule has 1 fully saturated rings. The van der Waals surface area contributed by atoms with Gasteiger partial charge < -0.3 is 34.3 Å². The van der Waals surface area contributed by atoms with Crippen LogP contribution in [-0.4, -0.2) is 96.0 Å². The summed E-state index contributed by atoms with van der Waals surface area (Å²) in [4.78, 5) is 25.6. The van der Waals surface area contributed by atoms with E-state index in [2.05, 4.69) is 13.8 Å². The van der Waals surface area contributed by atoms with Crippen LogP contribution in [0.2, 0.25) is 0 Å². The number of ether oxygens (including phenoxy) is 4. The molecule has 1 rings (SSSR count). The van der Waals surface area contributed by atoms with Crippen molar-refractivity contribution >= 4 is 22.1 Å². The maximum atomic E-state index is 12.9. The van der Waals surface area contributed by atoms with E-state index >= 15 is 0 Å². The van der Waals surface area contributed by atoms with E-state index in [0.29, 0.717) is 12.8 Å². The van der Waals surface area contributed by atoms with Gasteiger partial charge in [-0.25, -0.2) is 0 Å². The van der Waals surface area contributed by atoms with E-state index in [1.54, 1.807) is 0 Å². The fourth-order valence-electron chi connectivity index (χ4n) is 9.62. The molecule has 1 saturated heterocycles. The summed E-state index contributed by atoms with van der Waals surface area (Å²) in [7, 11) is -4.60. The Morgan fingerprint density at radius 1 is 0.429 bits per heavy atom. The first-order valence-electron chi connectivity index (χ1n) is 29.6. The number of rotatable bonds is 52. The maximum absolute atomic E-state index is 12.9. The molecule has 0 aliphatic carbocycles. The van der Waals surface area contributed by atoms with Crippen molar-refractivity contribution in [3.63, 3.8) is 0 Å². The molecule has 0 bridgehead atoms. The van der Waals surface area contributed by atoms with Gasteiger partial charge in [0.15, 0.2) is 12.4 Å². The largest absolute Gasteiger partial charge is 0.462 e. The van der Waals surface area contributed by atoms with E-state index in [-0.39, 0.29) is 19.4 Å². The number of esters is 2. The lowest BCUT2D eigenvalue weighted by Crippen LogP contribution is -2.60. The predicted octanol–water partition coefficient (Wildman–Crippen LogP) is 14.4. The lowest BCUT2D eigenvalue weighted by atomic mass is 10.00. The number of carbonyl (C=O) groups excluding carboxylic acids is 2. The molecule has 1 aliphatic rings. The third-order valence-electron chi connectivity index (χ3n) is 14.2. The van der Waals surface area contributed by atoms with Gasteiger partial charge in [0, 0.05) is 12.8 Å². The molecular weight excluding hydrogens is 909 g/mol. The molecule has 1 heterocycles. The van der Waals surface area contributed by atoms with E-state index in [9.17, 15) is 37.9 Å². The van der Waals surface area contributed by atoms with Gasteiger partial charge in [-0.15, -0.1) is 0 Å². The minimum absolute atomic E-state index is 0.173. The zero-order valence-electron chi connectivity index (χ0n) is 45.2. The van der Waals surface area contributed by atoms with Gasteiger partial charge in [-0.2, -0.15) is 8.42 Å². The molecule has 1 aliphatic heterocycles. The Morgan fingerprint density at radius 2 is 0.729 bits per heavy atom. The SMILES string of the molecule is CCCCCCCCCCCCCCCCCCCCCCCCC(=O)OC[C@H](CO[C@H]1O[C@H](CS(=O)(=O)O)[C@@H](O)C(O)C1O)OC(=O)CCCCCCCCCCCCCCCCCCCCCC. The first-order valence-corrected chi connectivity index (χ1v) is 31.2. The van der Waals surface area contributed by atoms with Crippen molar-refractivity contribution < 1.29 is 56.8 Å². The zero-order valence-corrected chi connectivity index (χ0v) is 46.0. The second kappa shape index (κ2) is 47.4. The van der Waals surface area contributed by atoms with Gasteiger partial charge in [-0.05, 0) is 12.8 Å². The number of carbonyl (C=O) groups is 2. The summed E-state index contributed by atoms with van der Waals surface area (Å²) >= 11 is 0. The van der Waals surface area contributed by atoms with Gasteiger partial charge in [-0.1, -0.05) is 271 Å². The lowest BCUT2D eigenvalue weighted by molar-refractivity contribution is -0.297. The molecule has 12 nitrogen and oxygen atoms in total. The Kier molecular flexibility index (Phi) is 45.1. The van der Waals surface area contributed by atoms with Crippen LogP contribution in [0.15, 0.2) is 0 Å². The van der Waals surface area contributed by atoms with Crippen molar-refractivity contribution in [2.75, 3.05) is 19.0 Å². The Hall–Kier alpha value is -1.35. The second-order valence-corrected chi connectivity index (χ2v) is 22.5. The minimum Gasteiger partial charge on any atom is -0.462 e. The Labute approximate surface area is 429 Å². The highest BCUT2D eigenvalue weighted by atomic mass is 32.2. The summed E-state index contributed by atoms with van der Waals surface area (Å²) in [6.45, 7) is 3.84. The Morgan fingerprint density at radius 3 is 1.04 bits per heavy atom. The van der Waals surface area contributed by atoms with Crippen molar-refractivity contribution in [2.24, 2.45) is 0 Å². The summed E-state index contributed by atoms with van der Waals surface area (Å²) in [5, 5.41) is 31.1. The topological polar surface area (TPSA) is 186 Å². The highest BCUT2D eigenvalue weighted by Gasteiger charge is 2.46. The highest BCUT2D eigenvalue weighted by Crippen LogP contribution is 2.24. The molecule has 0 amide bonds. The number of aliphatic hydroxyl groups is 3. The van der Waals surface area contributed by atoms with Crippen molar-refractivity contribution in [3.8, 4) is 0 Å². The Bertz CT molecular complexity index is 1280. The zero-order chi connectivity index (χ0) is 51.2. The molecule has 0 aromatic heterocycles. The monoisotopic (exact) mass is 1020 g/mol. The van der Waals surface area contributed by atoms with Crippen LogP contribution in [0.5, 0.6) is 0 Å². The van der Waals surface area contributed by atoms with Crippen LogP contribution in [0, 0.1) is 0 Å². The first-order chi connectivity index (χ1) is 34.0. The van der Waals surface area contributed by atoms with Crippen LogP contribution in [0.3, 0.4) is 0 Å². The highest BCUT2D eigenvalue weighted by molar-refractivity contribution is 7.85. The molecule has 0 radical (unpaired) electrons. The molecule has 0 spiro atoms. The van der Waals surface area contributed by atoms with E-state index in [1.165, 1.54) is 218 Å². The van der Waals surface area contributed by atoms with Gasteiger partial charge in [0.2, 0.25) is 0 Å². The van der Waals surface area contributed by atoms with Gasteiger partial charge in [0.1, 0.15) is 36.8 Å². The summed E-state index contributed by atoms with van der Waals surface area (Å²) < 4.78 is 54.4. The molecular formula is C57H110O12S. The standard InChI is InChI=1S/C57H110O12S/c1-3-5-7-9-11-13-15-17-19-21-23-25-26-28-29-31-33-35-37-39-41-43-45-52(58)66-47-50(48-67-57-56(62)55(61)54(60)51(69-57)49-70(63,64)65)68-53(59)46-44-42-40-38-36-34-32-30-27-24-22-20-18-16-14-12-10-8-6-4-2/h50-51,54-57,60-62H,3-49H2,1-2H3,(H,63,64,65)/t50-,51-,54-,55?,56?,57+/m1/s1. The summed E-state index contributed by atoms with van der Waals surface area (Å²) in [5.41, 5.74) is 0. The van der Waals surface area contributed by atoms with Crippen LogP contribution < -0.4 is 0 Å². The van der Waals surface area contributed by atoms with Crippen LogP contribution in [0.25, 0.3) is 0 Å². The third kappa shape index (κ3) is 41.1. The molecule has 13 heteroatoms. The molecule has 0 saturated carbocycles. The average molecular weight is 1020 g/mol. The minimum atomic E-state index is -4.60. The third-order valence-corrected chi connectivity index (χ3v) is 14.9. The summed E-state index contributed by atoms with van der Waals surface area (Å²) in [6, 6.07) is 0. The van der Waals surface area contributed by atoms with Gasteiger partial charge in [-0.3, -0.25) is 14.1 Å². The first kappa shape index (κ1) is 66.7.